The van der Waals surface area contributed by atoms with Gasteiger partial charge in [0.2, 0.25) is 0 Å². The van der Waals surface area contributed by atoms with Gasteiger partial charge in [-0.3, -0.25) is 0 Å². The van der Waals surface area contributed by atoms with Gasteiger partial charge in [0.1, 0.15) is 0 Å². The van der Waals surface area contributed by atoms with E-state index in [1.807, 2.05) is 0 Å². The lowest BCUT2D eigenvalue weighted by Gasteiger charge is -2.43. The minimum absolute atomic E-state index is 0.428. The van der Waals surface area contributed by atoms with Crippen molar-refractivity contribution in [3.05, 3.63) is 48.0 Å². The first-order chi connectivity index (χ1) is 10.1. The molecule has 2 unspecified atom stereocenters. The first-order valence-electron chi connectivity index (χ1n) is 8.28. The highest BCUT2D eigenvalue weighted by atomic mass is 14.9. The fourth-order valence-corrected chi connectivity index (χ4v) is 4.14. The van der Waals surface area contributed by atoms with Gasteiger partial charge >= 0.3 is 0 Å². The molecule has 0 spiro atoms. The Kier molecular flexibility index (Phi) is 4.03. The zero-order chi connectivity index (χ0) is 14.9. The van der Waals surface area contributed by atoms with Crippen molar-refractivity contribution < 1.29 is 0 Å². The predicted octanol–water partition coefficient (Wildman–Crippen LogP) is 5.32. The lowest BCUT2D eigenvalue weighted by atomic mass is 9.65. The summed E-state index contributed by atoms with van der Waals surface area (Å²) in [5.74, 6) is 0.720. The molecule has 0 heterocycles. The lowest BCUT2D eigenvalue weighted by molar-refractivity contribution is 0.101. The molecule has 21 heavy (non-hydrogen) atoms. The second kappa shape index (κ2) is 5.81. The summed E-state index contributed by atoms with van der Waals surface area (Å²) < 4.78 is 0. The van der Waals surface area contributed by atoms with Gasteiger partial charge in [0.15, 0.2) is 0 Å². The maximum absolute atomic E-state index is 3.61. The van der Waals surface area contributed by atoms with Gasteiger partial charge in [-0.25, -0.2) is 0 Å². The largest absolute Gasteiger partial charge is 0.313 e. The third kappa shape index (κ3) is 2.85. The summed E-state index contributed by atoms with van der Waals surface area (Å²) in [6.07, 6.45) is 5.45. The minimum atomic E-state index is 0.428. The molecule has 1 N–H and O–H groups in total. The van der Waals surface area contributed by atoms with Crippen LogP contribution < -0.4 is 5.32 Å². The fraction of sp³-hybridized carbons (Fsp3) is 0.500. The van der Waals surface area contributed by atoms with Crippen molar-refractivity contribution in [3.63, 3.8) is 0 Å². The number of hydrogen-bond donors (Lipinski definition) is 1. The van der Waals surface area contributed by atoms with E-state index in [0.29, 0.717) is 11.5 Å². The standard InChI is InChI=1S/C20H27N/c1-20(2)13-7-6-10-18(20)19(21-3)17-12-11-15-8-4-5-9-16(15)14-17/h4-5,8-9,11-12,14,18-19,21H,6-7,10,13H2,1-3H3. The van der Waals surface area contributed by atoms with E-state index in [2.05, 4.69) is 68.7 Å². The van der Waals surface area contributed by atoms with Gasteiger partial charge in [0, 0.05) is 6.04 Å². The molecule has 1 aliphatic rings. The molecule has 0 radical (unpaired) electrons. The van der Waals surface area contributed by atoms with E-state index >= 15 is 0 Å². The average Bonchev–Trinajstić information content (AvgIpc) is 2.49. The maximum atomic E-state index is 3.61. The Hall–Kier alpha value is -1.34. The molecule has 1 aliphatic carbocycles. The van der Waals surface area contributed by atoms with Crippen LogP contribution in [-0.4, -0.2) is 7.05 Å². The van der Waals surface area contributed by atoms with Gasteiger partial charge in [-0.05, 0) is 53.6 Å². The van der Waals surface area contributed by atoms with E-state index in [-0.39, 0.29) is 0 Å². The van der Waals surface area contributed by atoms with E-state index in [1.165, 1.54) is 42.0 Å². The number of hydrogen-bond acceptors (Lipinski definition) is 1. The summed E-state index contributed by atoms with van der Waals surface area (Å²) in [7, 11) is 2.12. The van der Waals surface area contributed by atoms with Gasteiger partial charge in [-0.2, -0.15) is 0 Å². The molecule has 0 amide bonds. The van der Waals surface area contributed by atoms with E-state index < -0.39 is 0 Å². The Balaban J connectivity index is 1.97. The van der Waals surface area contributed by atoms with Crippen LogP contribution in [0.25, 0.3) is 10.8 Å². The molecule has 1 saturated carbocycles. The van der Waals surface area contributed by atoms with Crippen molar-refractivity contribution in [1.29, 1.82) is 0 Å². The molecular formula is C20H27N. The topological polar surface area (TPSA) is 12.0 Å². The van der Waals surface area contributed by atoms with E-state index in [1.54, 1.807) is 0 Å². The third-order valence-electron chi connectivity index (χ3n) is 5.44. The van der Waals surface area contributed by atoms with E-state index in [4.69, 9.17) is 0 Å². The van der Waals surface area contributed by atoms with Gasteiger partial charge in [-0.1, -0.05) is 63.1 Å². The highest BCUT2D eigenvalue weighted by molar-refractivity contribution is 5.83. The van der Waals surface area contributed by atoms with Crippen molar-refractivity contribution in [2.24, 2.45) is 11.3 Å². The molecule has 0 aliphatic heterocycles. The van der Waals surface area contributed by atoms with Crippen LogP contribution in [0.3, 0.4) is 0 Å². The Morgan fingerprint density at radius 2 is 1.81 bits per heavy atom. The fourth-order valence-electron chi connectivity index (χ4n) is 4.14. The van der Waals surface area contributed by atoms with Crippen molar-refractivity contribution in [2.45, 2.75) is 45.6 Å². The second-order valence-corrected chi connectivity index (χ2v) is 7.21. The molecule has 2 aromatic carbocycles. The first kappa shape index (κ1) is 14.6. The average molecular weight is 281 g/mol. The molecule has 3 rings (SSSR count). The number of rotatable bonds is 3. The summed E-state index contributed by atoms with van der Waals surface area (Å²) in [6, 6.07) is 16.1. The SMILES string of the molecule is CNC(c1ccc2ccccc2c1)C1CCCCC1(C)C. The number of nitrogens with one attached hydrogen (secondary N) is 1. The molecule has 1 fully saturated rings. The van der Waals surface area contributed by atoms with Crippen LogP contribution in [0, 0.1) is 11.3 Å². The van der Waals surface area contributed by atoms with Crippen LogP contribution in [0.4, 0.5) is 0 Å². The Bertz CT molecular complexity index is 614. The van der Waals surface area contributed by atoms with Gasteiger partial charge < -0.3 is 5.32 Å². The summed E-state index contributed by atoms with van der Waals surface area (Å²) in [5, 5.41) is 6.29. The third-order valence-corrected chi connectivity index (χ3v) is 5.44. The van der Waals surface area contributed by atoms with Crippen molar-refractivity contribution in [2.75, 3.05) is 7.05 Å². The first-order valence-corrected chi connectivity index (χ1v) is 8.28. The summed E-state index contributed by atoms with van der Waals surface area (Å²) in [5.41, 5.74) is 1.87. The summed E-state index contributed by atoms with van der Waals surface area (Å²) >= 11 is 0. The predicted molar refractivity (Wildman–Crippen MR) is 91.5 cm³/mol. The van der Waals surface area contributed by atoms with Crippen molar-refractivity contribution in [1.82, 2.24) is 5.32 Å². The maximum Gasteiger partial charge on any atom is 0.0351 e. The zero-order valence-corrected chi connectivity index (χ0v) is 13.5. The summed E-state index contributed by atoms with van der Waals surface area (Å²) in [6.45, 7) is 4.89. The second-order valence-electron chi connectivity index (χ2n) is 7.21. The molecule has 2 atom stereocenters. The Morgan fingerprint density at radius 3 is 2.52 bits per heavy atom. The Morgan fingerprint density at radius 1 is 1.05 bits per heavy atom. The van der Waals surface area contributed by atoms with E-state index in [0.717, 1.165) is 5.92 Å². The summed E-state index contributed by atoms with van der Waals surface area (Å²) in [4.78, 5) is 0. The lowest BCUT2D eigenvalue weighted by Crippen LogP contribution is -2.37. The monoisotopic (exact) mass is 281 g/mol. The highest BCUT2D eigenvalue weighted by Crippen LogP contribution is 2.46. The number of fused-ring (bicyclic) bond motifs is 1. The molecule has 1 heteroatoms. The molecule has 0 bridgehead atoms. The van der Waals surface area contributed by atoms with Crippen molar-refractivity contribution in [3.8, 4) is 0 Å². The molecule has 2 aromatic rings. The van der Waals surface area contributed by atoms with Crippen LogP contribution in [0.1, 0.15) is 51.1 Å². The van der Waals surface area contributed by atoms with Gasteiger partial charge in [0.25, 0.3) is 0 Å². The van der Waals surface area contributed by atoms with Gasteiger partial charge in [-0.15, -0.1) is 0 Å². The molecule has 0 aromatic heterocycles. The van der Waals surface area contributed by atoms with Crippen LogP contribution >= 0.6 is 0 Å². The molecule has 1 nitrogen and oxygen atoms in total. The minimum Gasteiger partial charge on any atom is -0.313 e. The van der Waals surface area contributed by atoms with Crippen LogP contribution in [0.2, 0.25) is 0 Å². The highest BCUT2D eigenvalue weighted by Gasteiger charge is 2.37. The van der Waals surface area contributed by atoms with Crippen LogP contribution in [0.15, 0.2) is 42.5 Å². The Labute approximate surface area is 128 Å². The normalized spacial score (nSPS) is 23.1. The number of benzene rings is 2. The van der Waals surface area contributed by atoms with Crippen LogP contribution in [-0.2, 0) is 0 Å². The van der Waals surface area contributed by atoms with E-state index in [9.17, 15) is 0 Å². The quantitative estimate of drug-likeness (QED) is 0.803. The smallest absolute Gasteiger partial charge is 0.0351 e. The van der Waals surface area contributed by atoms with Crippen molar-refractivity contribution >= 4 is 10.8 Å². The zero-order valence-electron chi connectivity index (χ0n) is 13.5. The van der Waals surface area contributed by atoms with Crippen LogP contribution in [0.5, 0.6) is 0 Å². The molecule has 0 saturated heterocycles. The molecular weight excluding hydrogens is 254 g/mol. The molecule has 112 valence electrons. The van der Waals surface area contributed by atoms with Gasteiger partial charge in [0.05, 0.1) is 0 Å².